The second kappa shape index (κ2) is 4.91. The third kappa shape index (κ3) is 2.18. The van der Waals surface area contributed by atoms with Crippen molar-refractivity contribution in [3.05, 3.63) is 29.5 Å². The minimum atomic E-state index is 0.394. The molecule has 0 unspecified atom stereocenters. The van der Waals surface area contributed by atoms with Crippen molar-refractivity contribution in [1.82, 2.24) is 19.7 Å². The van der Waals surface area contributed by atoms with Crippen LogP contribution in [0.25, 0.3) is 22.6 Å². The molecule has 3 aromatic rings. The lowest BCUT2D eigenvalue weighted by molar-refractivity contribution is 0.407. The molecule has 0 bridgehead atoms. The van der Waals surface area contributed by atoms with Gasteiger partial charge in [0.15, 0.2) is 5.65 Å². The number of ether oxygens (including phenoxy) is 1. The number of fused-ring (bicyclic) bond motifs is 1. The van der Waals surface area contributed by atoms with E-state index in [-0.39, 0.29) is 0 Å². The Labute approximate surface area is 124 Å². The van der Waals surface area contributed by atoms with Gasteiger partial charge in [0.05, 0.1) is 13.3 Å². The van der Waals surface area contributed by atoms with Crippen molar-refractivity contribution >= 4 is 11.2 Å². The molecule has 5 nitrogen and oxygen atoms in total. The Bertz CT molecular complexity index is 798. The Hall–Kier alpha value is -2.30. The quantitative estimate of drug-likeness (QED) is 0.802. The van der Waals surface area contributed by atoms with E-state index in [9.17, 15) is 0 Å². The number of aromatic nitrogens is 4. The van der Waals surface area contributed by atoms with Gasteiger partial charge in [0, 0.05) is 12.6 Å². The van der Waals surface area contributed by atoms with Crippen LogP contribution in [0.2, 0.25) is 0 Å². The number of nitrogens with zero attached hydrogens (tertiary/aromatic N) is 3. The molecule has 0 saturated heterocycles. The van der Waals surface area contributed by atoms with E-state index in [0.717, 1.165) is 33.9 Å². The number of hydrogen-bond donors (Lipinski definition) is 1. The van der Waals surface area contributed by atoms with E-state index in [1.165, 1.54) is 5.56 Å². The molecule has 0 aliphatic rings. The fourth-order valence-electron chi connectivity index (χ4n) is 2.62. The minimum Gasteiger partial charge on any atom is -0.496 e. The second-order valence-electron chi connectivity index (χ2n) is 5.65. The van der Waals surface area contributed by atoms with Crippen molar-refractivity contribution in [2.75, 3.05) is 7.11 Å². The fraction of sp³-hybridized carbons (Fsp3) is 0.375. The number of benzene rings is 1. The van der Waals surface area contributed by atoms with Gasteiger partial charge in [-0.3, -0.25) is 0 Å². The van der Waals surface area contributed by atoms with Crippen LogP contribution in [0.4, 0.5) is 0 Å². The predicted molar refractivity (Wildman–Crippen MR) is 83.7 cm³/mol. The summed E-state index contributed by atoms with van der Waals surface area (Å²) >= 11 is 0. The zero-order chi connectivity index (χ0) is 15.1. The van der Waals surface area contributed by atoms with Gasteiger partial charge in [0.2, 0.25) is 0 Å². The molecule has 2 heterocycles. The zero-order valence-electron chi connectivity index (χ0n) is 13.1. The zero-order valence-corrected chi connectivity index (χ0v) is 13.1. The summed E-state index contributed by atoms with van der Waals surface area (Å²) < 4.78 is 7.27. The van der Waals surface area contributed by atoms with Gasteiger partial charge >= 0.3 is 0 Å². The van der Waals surface area contributed by atoms with E-state index in [2.05, 4.69) is 48.0 Å². The van der Waals surface area contributed by atoms with Gasteiger partial charge in [0.25, 0.3) is 0 Å². The monoisotopic (exact) mass is 284 g/mol. The van der Waals surface area contributed by atoms with Gasteiger partial charge in [-0.05, 0) is 36.1 Å². The van der Waals surface area contributed by atoms with E-state index in [0.29, 0.717) is 5.92 Å². The van der Waals surface area contributed by atoms with Crippen LogP contribution in [0.15, 0.2) is 18.3 Å². The predicted octanol–water partition coefficient (Wildman–Crippen LogP) is 3.40. The van der Waals surface area contributed by atoms with Crippen LogP contribution in [-0.2, 0) is 7.05 Å². The average Bonchev–Trinajstić information content (AvgIpc) is 3.00. The van der Waals surface area contributed by atoms with Gasteiger partial charge < -0.3 is 9.72 Å². The number of H-pyrrole nitrogens is 1. The lowest BCUT2D eigenvalue weighted by Gasteiger charge is -2.15. The Morgan fingerprint density at radius 2 is 2.05 bits per heavy atom. The third-order valence-corrected chi connectivity index (χ3v) is 3.83. The van der Waals surface area contributed by atoms with E-state index in [1.807, 2.05) is 7.05 Å². The summed E-state index contributed by atoms with van der Waals surface area (Å²) in [5.41, 5.74) is 5.26. The first-order valence-electron chi connectivity index (χ1n) is 7.08. The number of methoxy groups -OCH3 is 1. The van der Waals surface area contributed by atoms with Gasteiger partial charge in [-0.25, -0.2) is 9.67 Å². The van der Waals surface area contributed by atoms with Crippen LogP contribution < -0.4 is 4.74 Å². The molecule has 0 aliphatic heterocycles. The largest absolute Gasteiger partial charge is 0.496 e. The van der Waals surface area contributed by atoms with Gasteiger partial charge in [-0.15, -0.1) is 0 Å². The topological polar surface area (TPSA) is 55.7 Å². The van der Waals surface area contributed by atoms with Crippen molar-refractivity contribution in [3.63, 3.8) is 0 Å². The highest BCUT2D eigenvalue weighted by molar-refractivity contribution is 5.77. The van der Waals surface area contributed by atoms with Crippen molar-refractivity contribution in [1.29, 1.82) is 0 Å². The van der Waals surface area contributed by atoms with Crippen molar-refractivity contribution in [3.8, 4) is 17.1 Å². The van der Waals surface area contributed by atoms with Crippen molar-refractivity contribution < 1.29 is 4.74 Å². The van der Waals surface area contributed by atoms with E-state index in [4.69, 9.17) is 4.74 Å². The molecule has 0 amide bonds. The summed E-state index contributed by atoms with van der Waals surface area (Å²) in [4.78, 5) is 8.01. The van der Waals surface area contributed by atoms with Gasteiger partial charge in [0.1, 0.15) is 17.1 Å². The molecule has 0 saturated carbocycles. The van der Waals surface area contributed by atoms with Crippen LogP contribution in [0, 0.1) is 6.92 Å². The SMILES string of the molecule is COc1cc(C)c(-c2nc3c(cnn3C)[nH]2)cc1C(C)C. The van der Waals surface area contributed by atoms with Crippen LogP contribution in [0.1, 0.15) is 30.9 Å². The number of aryl methyl sites for hydroxylation is 2. The number of hydrogen-bond acceptors (Lipinski definition) is 3. The third-order valence-electron chi connectivity index (χ3n) is 3.83. The first kappa shape index (κ1) is 13.7. The smallest absolute Gasteiger partial charge is 0.176 e. The van der Waals surface area contributed by atoms with E-state index >= 15 is 0 Å². The Kier molecular flexibility index (Phi) is 3.20. The molecule has 1 N–H and O–H groups in total. The van der Waals surface area contributed by atoms with Crippen LogP contribution >= 0.6 is 0 Å². The summed E-state index contributed by atoms with van der Waals surface area (Å²) in [6.45, 7) is 6.41. The molecule has 0 atom stereocenters. The fourth-order valence-corrected chi connectivity index (χ4v) is 2.62. The maximum absolute atomic E-state index is 5.50. The molecule has 1 aromatic carbocycles. The molecule has 110 valence electrons. The standard InChI is InChI=1S/C16H20N4O/c1-9(2)11-7-12(10(3)6-14(11)21-5)15-18-13-8-17-20(4)16(13)19-15/h6-9H,1-5H3,(H,18,19). The minimum absolute atomic E-state index is 0.394. The molecule has 0 aliphatic carbocycles. The normalized spacial score (nSPS) is 11.5. The number of imidazole rings is 1. The second-order valence-corrected chi connectivity index (χ2v) is 5.65. The molecule has 0 spiro atoms. The van der Waals surface area contributed by atoms with Crippen LogP contribution in [0.3, 0.4) is 0 Å². The van der Waals surface area contributed by atoms with Crippen molar-refractivity contribution in [2.24, 2.45) is 7.05 Å². The van der Waals surface area contributed by atoms with E-state index in [1.54, 1.807) is 18.0 Å². The number of rotatable bonds is 3. The van der Waals surface area contributed by atoms with Crippen LogP contribution in [0.5, 0.6) is 5.75 Å². The highest BCUT2D eigenvalue weighted by Crippen LogP contribution is 2.33. The Morgan fingerprint density at radius 1 is 1.29 bits per heavy atom. The van der Waals surface area contributed by atoms with Gasteiger partial charge in [-0.2, -0.15) is 5.10 Å². The molecular weight excluding hydrogens is 264 g/mol. The van der Waals surface area contributed by atoms with Crippen LogP contribution in [-0.4, -0.2) is 26.9 Å². The number of aromatic amines is 1. The molecule has 3 rings (SSSR count). The highest BCUT2D eigenvalue weighted by atomic mass is 16.5. The summed E-state index contributed by atoms with van der Waals surface area (Å²) in [6.07, 6.45) is 1.80. The Balaban J connectivity index is 2.18. The number of nitrogens with one attached hydrogen (secondary N) is 1. The molecule has 5 heteroatoms. The van der Waals surface area contributed by atoms with Crippen molar-refractivity contribution in [2.45, 2.75) is 26.7 Å². The molecule has 0 fully saturated rings. The lowest BCUT2D eigenvalue weighted by Crippen LogP contribution is -1.98. The maximum atomic E-state index is 5.50. The Morgan fingerprint density at radius 3 is 2.67 bits per heavy atom. The molecular formula is C16H20N4O. The average molecular weight is 284 g/mol. The molecule has 2 aromatic heterocycles. The first-order chi connectivity index (χ1) is 10.0. The molecule has 0 radical (unpaired) electrons. The lowest BCUT2D eigenvalue weighted by atomic mass is 9.96. The van der Waals surface area contributed by atoms with Gasteiger partial charge in [-0.1, -0.05) is 13.8 Å². The summed E-state index contributed by atoms with van der Waals surface area (Å²) in [5, 5.41) is 4.19. The summed E-state index contributed by atoms with van der Waals surface area (Å²) in [6, 6.07) is 4.25. The maximum Gasteiger partial charge on any atom is 0.176 e. The first-order valence-corrected chi connectivity index (χ1v) is 7.08. The highest BCUT2D eigenvalue weighted by Gasteiger charge is 2.15. The summed E-state index contributed by atoms with van der Waals surface area (Å²) in [7, 11) is 3.61. The summed E-state index contributed by atoms with van der Waals surface area (Å²) in [5.74, 6) is 2.20. The molecule has 21 heavy (non-hydrogen) atoms. The van der Waals surface area contributed by atoms with E-state index < -0.39 is 0 Å².